The van der Waals surface area contributed by atoms with E-state index in [4.69, 9.17) is 34.9 Å². The van der Waals surface area contributed by atoms with Crippen LogP contribution in [0.4, 0.5) is 0 Å². The molecule has 10 nitrogen and oxygen atoms in total. The van der Waals surface area contributed by atoms with E-state index in [9.17, 15) is 4.79 Å². The third-order valence-corrected chi connectivity index (χ3v) is 5.89. The summed E-state index contributed by atoms with van der Waals surface area (Å²) in [6.07, 6.45) is 0.361. The number of carbonyl (C=O) groups excluding carboxylic acids is 1. The van der Waals surface area contributed by atoms with Crippen LogP contribution in [0.2, 0.25) is 0 Å². The van der Waals surface area contributed by atoms with Gasteiger partial charge in [-0.3, -0.25) is 9.36 Å². The van der Waals surface area contributed by atoms with E-state index in [0.717, 1.165) is 5.56 Å². The van der Waals surface area contributed by atoms with Crippen LogP contribution in [0.15, 0.2) is 66.7 Å². The maximum atomic E-state index is 12.6. The Bertz CT molecular complexity index is 1600. The zero-order valence-electron chi connectivity index (χ0n) is 21.2. The molecule has 2 N–H and O–H groups in total. The Morgan fingerprint density at radius 1 is 0.868 bits per heavy atom. The lowest BCUT2D eigenvalue weighted by Gasteiger charge is -2.16. The minimum Gasteiger partial charge on any atom is -0.494 e. The van der Waals surface area contributed by atoms with Gasteiger partial charge < -0.3 is 19.9 Å². The standard InChI is InChI=1S/C28H26N6O4/c1-4-38-22-15-8-12-18(30-22)27-33-26-28(34(27)24-20(36-2)13-9-14-21(24)37-3)32-23(25(29)35)19(31-26)16-17-10-6-5-7-11-17/h5-15H,4,16H2,1-3H3,(H2,29,35). The first-order valence-corrected chi connectivity index (χ1v) is 12.0. The number of carbonyl (C=O) groups is 1. The Labute approximate surface area is 219 Å². The van der Waals surface area contributed by atoms with Crippen molar-refractivity contribution in [1.82, 2.24) is 24.5 Å². The third-order valence-electron chi connectivity index (χ3n) is 5.89. The van der Waals surface area contributed by atoms with Gasteiger partial charge in [-0.15, -0.1) is 0 Å². The number of amides is 1. The van der Waals surface area contributed by atoms with Crippen LogP contribution < -0.4 is 19.9 Å². The molecule has 5 rings (SSSR count). The Balaban J connectivity index is 1.83. The average molecular weight is 511 g/mol. The van der Waals surface area contributed by atoms with Gasteiger partial charge in [-0.1, -0.05) is 42.5 Å². The fourth-order valence-corrected chi connectivity index (χ4v) is 4.24. The summed E-state index contributed by atoms with van der Waals surface area (Å²) in [4.78, 5) is 31.5. The van der Waals surface area contributed by atoms with E-state index < -0.39 is 5.91 Å². The number of benzene rings is 2. The number of rotatable bonds is 9. The van der Waals surface area contributed by atoms with Gasteiger partial charge in [-0.2, -0.15) is 0 Å². The quantitative estimate of drug-likeness (QED) is 0.315. The number of para-hydroxylation sites is 1. The normalized spacial score (nSPS) is 10.9. The largest absolute Gasteiger partial charge is 0.494 e. The van der Waals surface area contributed by atoms with Gasteiger partial charge in [0.2, 0.25) is 5.88 Å². The molecule has 3 aromatic heterocycles. The molecule has 0 atom stereocenters. The van der Waals surface area contributed by atoms with E-state index in [0.29, 0.717) is 64.6 Å². The molecule has 10 heteroatoms. The van der Waals surface area contributed by atoms with Crippen molar-refractivity contribution in [2.24, 2.45) is 5.73 Å². The fraction of sp³-hybridized carbons (Fsp3) is 0.179. The molecule has 0 bridgehead atoms. The molecular weight excluding hydrogens is 484 g/mol. The Hall–Kier alpha value is -4.99. The lowest BCUT2D eigenvalue weighted by atomic mass is 10.1. The molecule has 0 saturated carbocycles. The zero-order chi connectivity index (χ0) is 26.6. The van der Waals surface area contributed by atoms with Crippen molar-refractivity contribution in [3.63, 3.8) is 0 Å². The molecular formula is C28H26N6O4. The molecule has 192 valence electrons. The number of primary amides is 1. The minimum absolute atomic E-state index is 0.0546. The number of fused-ring (bicyclic) bond motifs is 1. The van der Waals surface area contributed by atoms with Crippen molar-refractivity contribution in [2.45, 2.75) is 13.3 Å². The number of hydrogen-bond acceptors (Lipinski definition) is 8. The lowest BCUT2D eigenvalue weighted by Crippen LogP contribution is -2.18. The minimum atomic E-state index is -0.692. The highest BCUT2D eigenvalue weighted by Gasteiger charge is 2.26. The highest BCUT2D eigenvalue weighted by Crippen LogP contribution is 2.38. The van der Waals surface area contributed by atoms with Crippen LogP contribution in [-0.2, 0) is 6.42 Å². The van der Waals surface area contributed by atoms with Crippen molar-refractivity contribution < 1.29 is 19.0 Å². The smallest absolute Gasteiger partial charge is 0.269 e. The van der Waals surface area contributed by atoms with Crippen molar-refractivity contribution in [1.29, 1.82) is 0 Å². The van der Waals surface area contributed by atoms with Gasteiger partial charge in [0.15, 0.2) is 22.8 Å². The summed E-state index contributed by atoms with van der Waals surface area (Å²) in [5, 5.41) is 0. The van der Waals surface area contributed by atoms with Crippen LogP contribution in [0.5, 0.6) is 17.4 Å². The second-order valence-corrected chi connectivity index (χ2v) is 8.27. The fourth-order valence-electron chi connectivity index (χ4n) is 4.24. The van der Waals surface area contributed by atoms with E-state index in [1.807, 2.05) is 55.5 Å². The number of aromatic nitrogens is 5. The lowest BCUT2D eigenvalue weighted by molar-refractivity contribution is 0.0994. The summed E-state index contributed by atoms with van der Waals surface area (Å²) in [7, 11) is 3.12. The number of pyridine rings is 1. The summed E-state index contributed by atoms with van der Waals surface area (Å²) in [5.41, 5.74) is 8.87. The topological polar surface area (TPSA) is 127 Å². The first-order valence-electron chi connectivity index (χ1n) is 12.0. The van der Waals surface area contributed by atoms with E-state index in [1.54, 1.807) is 37.0 Å². The molecule has 0 fully saturated rings. The van der Waals surface area contributed by atoms with Crippen LogP contribution in [0.1, 0.15) is 28.7 Å². The molecule has 0 unspecified atom stereocenters. The molecule has 0 aliphatic heterocycles. The summed E-state index contributed by atoms with van der Waals surface area (Å²) in [6.45, 7) is 2.35. The van der Waals surface area contributed by atoms with Gasteiger partial charge in [-0.05, 0) is 30.7 Å². The van der Waals surface area contributed by atoms with Crippen molar-refractivity contribution >= 4 is 17.2 Å². The van der Waals surface area contributed by atoms with E-state index >= 15 is 0 Å². The van der Waals surface area contributed by atoms with Gasteiger partial charge in [-0.25, -0.2) is 19.9 Å². The first-order chi connectivity index (χ1) is 18.5. The predicted molar refractivity (Wildman–Crippen MR) is 142 cm³/mol. The van der Waals surface area contributed by atoms with Gasteiger partial charge in [0.1, 0.15) is 22.9 Å². The second-order valence-electron chi connectivity index (χ2n) is 8.27. The number of nitrogens with zero attached hydrogens (tertiary/aromatic N) is 5. The average Bonchev–Trinajstić information content (AvgIpc) is 3.31. The third kappa shape index (κ3) is 4.59. The molecule has 3 heterocycles. The van der Waals surface area contributed by atoms with Crippen LogP contribution in [0.3, 0.4) is 0 Å². The van der Waals surface area contributed by atoms with Crippen LogP contribution in [0, 0.1) is 0 Å². The molecule has 5 aromatic rings. The number of imidazole rings is 1. The van der Waals surface area contributed by atoms with Gasteiger partial charge in [0, 0.05) is 12.5 Å². The van der Waals surface area contributed by atoms with Crippen LogP contribution in [-0.4, -0.2) is 51.2 Å². The van der Waals surface area contributed by atoms with Crippen molar-refractivity contribution in [2.75, 3.05) is 20.8 Å². The van der Waals surface area contributed by atoms with E-state index in [-0.39, 0.29) is 5.69 Å². The Morgan fingerprint density at radius 3 is 2.24 bits per heavy atom. The predicted octanol–water partition coefficient (Wildman–Crippen LogP) is 3.98. The van der Waals surface area contributed by atoms with Crippen LogP contribution >= 0.6 is 0 Å². The van der Waals surface area contributed by atoms with Crippen molar-refractivity contribution in [3.05, 3.63) is 83.7 Å². The molecule has 38 heavy (non-hydrogen) atoms. The number of ether oxygens (including phenoxy) is 3. The molecule has 1 amide bonds. The summed E-state index contributed by atoms with van der Waals surface area (Å²) >= 11 is 0. The number of hydrogen-bond donors (Lipinski definition) is 1. The molecule has 0 saturated heterocycles. The van der Waals surface area contributed by atoms with Crippen LogP contribution in [0.25, 0.3) is 28.5 Å². The highest BCUT2D eigenvalue weighted by atomic mass is 16.5. The Morgan fingerprint density at radius 2 is 1.58 bits per heavy atom. The number of methoxy groups -OCH3 is 2. The summed E-state index contributed by atoms with van der Waals surface area (Å²) in [6, 6.07) is 20.5. The Kier molecular flexibility index (Phi) is 6.86. The van der Waals surface area contributed by atoms with Crippen molar-refractivity contribution in [3.8, 4) is 34.6 Å². The first kappa shape index (κ1) is 24.7. The zero-order valence-corrected chi connectivity index (χ0v) is 21.2. The number of nitrogens with two attached hydrogens (primary N) is 1. The monoisotopic (exact) mass is 510 g/mol. The molecule has 0 spiro atoms. The maximum absolute atomic E-state index is 12.6. The van der Waals surface area contributed by atoms with Gasteiger partial charge >= 0.3 is 0 Å². The molecule has 0 radical (unpaired) electrons. The molecule has 0 aliphatic rings. The second kappa shape index (κ2) is 10.6. The van der Waals surface area contributed by atoms with Gasteiger partial charge in [0.25, 0.3) is 5.91 Å². The van der Waals surface area contributed by atoms with E-state index in [2.05, 4.69) is 4.98 Å². The molecule has 2 aromatic carbocycles. The highest BCUT2D eigenvalue weighted by molar-refractivity contribution is 5.94. The SMILES string of the molecule is CCOc1cccc(-c2nc3nc(Cc4ccccc4)c(C(N)=O)nc3n2-c2c(OC)cccc2OC)n1. The molecule has 0 aliphatic carbocycles. The van der Waals surface area contributed by atoms with E-state index in [1.165, 1.54) is 0 Å². The summed E-state index contributed by atoms with van der Waals surface area (Å²) < 4.78 is 18.7. The van der Waals surface area contributed by atoms with Gasteiger partial charge in [0.05, 0.1) is 26.5 Å². The maximum Gasteiger partial charge on any atom is 0.269 e. The summed E-state index contributed by atoms with van der Waals surface area (Å²) in [5.74, 6) is 1.17.